The van der Waals surface area contributed by atoms with Crippen LogP contribution in [0.1, 0.15) is 0 Å². The van der Waals surface area contributed by atoms with Crippen molar-refractivity contribution in [2.75, 3.05) is 15.1 Å². The van der Waals surface area contributed by atoms with Crippen LogP contribution in [0.15, 0.2) is 267 Å². The molecule has 0 saturated heterocycles. The van der Waals surface area contributed by atoms with Crippen molar-refractivity contribution in [3.8, 4) is 44.5 Å². The minimum Gasteiger partial charge on any atom is -0.355 e. The Labute approximate surface area is 419 Å². The molecule has 3 nitrogen and oxygen atoms in total. The Bertz CT molecular complexity index is 3840. The smallest absolute Gasteiger partial charge is 0.198 e. The summed E-state index contributed by atoms with van der Waals surface area (Å²) in [5, 5.41) is 6.55. The van der Waals surface area contributed by atoms with Crippen LogP contribution in [-0.4, -0.2) is 7.28 Å². The lowest BCUT2D eigenvalue weighted by Gasteiger charge is -2.36. The van der Waals surface area contributed by atoms with Crippen LogP contribution in [0.25, 0.3) is 64.7 Å². The van der Waals surface area contributed by atoms with Gasteiger partial charge in [0, 0.05) is 71.2 Å². The average molecular weight is 924 g/mol. The summed E-state index contributed by atoms with van der Waals surface area (Å²) in [7, 11) is 0.741. The molecule has 1 aliphatic heterocycles. The van der Waals surface area contributed by atoms with E-state index in [0.717, 1.165) is 47.1 Å². The van der Waals surface area contributed by atoms with Crippen LogP contribution in [-0.2, 0) is 0 Å². The molecule has 0 amide bonds. The van der Waals surface area contributed by atoms with Gasteiger partial charge < -0.3 is 15.1 Å². The van der Waals surface area contributed by atoms with Crippen LogP contribution >= 0.6 is 11.3 Å². The van der Waals surface area contributed by atoms with Crippen molar-refractivity contribution in [3.63, 3.8) is 0 Å². The zero-order valence-corrected chi connectivity index (χ0v) is 39.7. The fourth-order valence-electron chi connectivity index (χ4n) is 10.5. The van der Waals surface area contributed by atoms with Crippen LogP contribution < -0.4 is 26.0 Å². The minimum atomic E-state index is 0.741. The topological polar surface area (TPSA) is 18.5 Å². The number of rotatable bonds is 10. The highest BCUT2D eigenvalue weighted by Gasteiger charge is 2.32. The first kappa shape index (κ1) is 42.2. The number of hydrogen-bond acceptors (Lipinski definition) is 4. The second-order valence-electron chi connectivity index (χ2n) is 18.2. The van der Waals surface area contributed by atoms with E-state index in [4.69, 9.17) is 0 Å². The first-order chi connectivity index (χ1) is 35.2. The van der Waals surface area contributed by atoms with Crippen molar-refractivity contribution in [1.29, 1.82) is 0 Å². The molecule has 0 spiro atoms. The second-order valence-corrected chi connectivity index (χ2v) is 19.3. The predicted molar refractivity (Wildman–Crippen MR) is 307 cm³/mol. The lowest BCUT2D eigenvalue weighted by atomic mass is 9.57. The fraction of sp³-hybridized carbons (Fsp3) is 0. The maximum Gasteiger partial charge on any atom is 0.198 e. The Hall–Kier alpha value is -8.90. The number of thiophene rings is 1. The number of para-hydroxylation sites is 2. The average Bonchev–Trinajstić information content (AvgIpc) is 3.82. The molecule has 1 aromatic heterocycles. The molecule has 0 aliphatic carbocycles. The quantitative estimate of drug-likeness (QED) is 0.138. The predicted octanol–water partition coefficient (Wildman–Crippen LogP) is 17.1. The Morgan fingerprint density at radius 2 is 0.958 bits per heavy atom. The van der Waals surface area contributed by atoms with Gasteiger partial charge in [0.2, 0.25) is 0 Å². The summed E-state index contributed by atoms with van der Waals surface area (Å²) in [6.07, 6.45) is 0. The van der Waals surface area contributed by atoms with Crippen molar-refractivity contribution < 1.29 is 0 Å². The highest BCUT2D eigenvalue weighted by Crippen LogP contribution is 2.49. The molecule has 1 N–H and O–H groups in total. The molecule has 11 aromatic carbocycles. The zero-order valence-electron chi connectivity index (χ0n) is 38.9. The molecule has 0 atom stereocenters. The molecule has 2 heterocycles. The molecule has 71 heavy (non-hydrogen) atoms. The van der Waals surface area contributed by atoms with Gasteiger partial charge in [-0.25, -0.2) is 0 Å². The molecule has 0 fully saturated rings. The molecule has 12 aromatic rings. The highest BCUT2D eigenvalue weighted by molar-refractivity contribution is 7.26. The summed E-state index contributed by atoms with van der Waals surface area (Å²) in [6, 6.07) is 97.0. The molecular formula is C66H46BN3S. The Kier molecular flexibility index (Phi) is 10.8. The molecular weight excluding hydrogens is 878 g/mol. The third kappa shape index (κ3) is 7.93. The monoisotopic (exact) mass is 923 g/mol. The van der Waals surface area contributed by atoms with Crippen molar-refractivity contribution in [1.82, 2.24) is 0 Å². The molecule has 5 heteroatoms. The number of anilines is 8. The standard InChI is InChI=1S/C66H46BN3S/c1-6-20-45(21-7-1)48-26-18-28-51(40-48)68-59-39-36-50(47-24-10-3-11-25-47)42-57(59)65-64-56-34-16-17-35-62(56)71-63(64)44-61-66(65)67-58-38-37-55(69(52-29-12-4-13-30-52)53-31-14-5-15-32-53)43-60(58)70(61)54-33-19-27-49(41-54)46-22-8-2-9-23-46/h1-44,67-68H. The van der Waals surface area contributed by atoms with Crippen molar-refractivity contribution in [2.24, 2.45) is 0 Å². The second kappa shape index (κ2) is 18.2. The summed E-state index contributed by atoms with van der Waals surface area (Å²) >= 11 is 1.88. The first-order valence-electron chi connectivity index (χ1n) is 24.3. The van der Waals surface area contributed by atoms with Gasteiger partial charge in [-0.2, -0.15) is 0 Å². The Balaban J connectivity index is 1.08. The van der Waals surface area contributed by atoms with Crippen molar-refractivity contribution in [3.05, 3.63) is 267 Å². The largest absolute Gasteiger partial charge is 0.355 e. The highest BCUT2D eigenvalue weighted by atomic mass is 32.1. The third-order valence-electron chi connectivity index (χ3n) is 13.8. The number of nitrogens with zero attached hydrogens (tertiary/aromatic N) is 2. The summed E-state index contributed by atoms with van der Waals surface area (Å²) in [4.78, 5) is 4.91. The Morgan fingerprint density at radius 3 is 1.62 bits per heavy atom. The van der Waals surface area contributed by atoms with Gasteiger partial charge >= 0.3 is 0 Å². The van der Waals surface area contributed by atoms with Crippen LogP contribution in [0.2, 0.25) is 0 Å². The van der Waals surface area contributed by atoms with Crippen LogP contribution in [0, 0.1) is 0 Å². The van der Waals surface area contributed by atoms with Crippen molar-refractivity contribution >= 4 is 95.2 Å². The van der Waals surface area contributed by atoms with E-state index in [0.29, 0.717) is 0 Å². The van der Waals surface area contributed by atoms with E-state index in [1.807, 2.05) is 11.3 Å². The lowest BCUT2D eigenvalue weighted by molar-refractivity contribution is 1.26. The van der Waals surface area contributed by atoms with Crippen molar-refractivity contribution in [2.45, 2.75) is 0 Å². The normalized spacial score (nSPS) is 11.7. The fourth-order valence-corrected chi connectivity index (χ4v) is 11.7. The number of benzene rings is 11. The Morgan fingerprint density at radius 1 is 0.394 bits per heavy atom. The van der Waals surface area contributed by atoms with Gasteiger partial charge in [0.1, 0.15) is 0 Å². The van der Waals surface area contributed by atoms with E-state index in [-0.39, 0.29) is 0 Å². The van der Waals surface area contributed by atoms with E-state index in [1.54, 1.807) is 0 Å². The first-order valence-corrected chi connectivity index (χ1v) is 25.1. The van der Waals surface area contributed by atoms with Gasteiger partial charge in [0.15, 0.2) is 7.28 Å². The number of nitrogens with one attached hydrogen (secondary N) is 1. The molecule has 0 saturated carbocycles. The molecule has 13 rings (SSSR count). The minimum absolute atomic E-state index is 0.741. The van der Waals surface area contributed by atoms with Gasteiger partial charge in [-0.05, 0) is 129 Å². The molecule has 334 valence electrons. The number of fused-ring (bicyclic) bond motifs is 5. The van der Waals surface area contributed by atoms with E-state index in [9.17, 15) is 0 Å². The third-order valence-corrected chi connectivity index (χ3v) is 14.9. The van der Waals surface area contributed by atoms with E-state index >= 15 is 0 Å². The maximum atomic E-state index is 3.99. The lowest BCUT2D eigenvalue weighted by Crippen LogP contribution is -2.41. The maximum absolute atomic E-state index is 3.99. The molecule has 1 aliphatic rings. The van der Waals surface area contributed by atoms with Gasteiger partial charge in [0.05, 0.1) is 0 Å². The molecule has 0 bridgehead atoms. The van der Waals surface area contributed by atoms with Gasteiger partial charge in [0.25, 0.3) is 0 Å². The van der Waals surface area contributed by atoms with Crippen LogP contribution in [0.4, 0.5) is 45.5 Å². The van der Waals surface area contributed by atoms with Crippen LogP contribution in [0.5, 0.6) is 0 Å². The summed E-state index contributed by atoms with van der Waals surface area (Å²) in [5.41, 5.74) is 20.9. The van der Waals surface area contributed by atoms with Gasteiger partial charge in [-0.3, -0.25) is 0 Å². The summed E-state index contributed by atoms with van der Waals surface area (Å²) < 4.78 is 2.52. The number of hydrogen-bond donors (Lipinski definition) is 1. The summed E-state index contributed by atoms with van der Waals surface area (Å²) in [5.74, 6) is 0. The van der Waals surface area contributed by atoms with E-state index in [2.05, 4.69) is 282 Å². The van der Waals surface area contributed by atoms with Gasteiger partial charge in [-0.1, -0.05) is 187 Å². The SMILES string of the molecule is B1c2ccc(N(c3ccccc3)c3ccccc3)cc2N(c2cccc(-c3ccccc3)c2)c2cc3sc4ccccc4c3c(-c3cc(-c4ccccc4)ccc3Nc3cccc(-c4ccccc4)c3)c21. The zero-order chi connectivity index (χ0) is 47.1. The van der Waals surface area contributed by atoms with Crippen LogP contribution in [0.3, 0.4) is 0 Å². The summed E-state index contributed by atoms with van der Waals surface area (Å²) in [6.45, 7) is 0. The van der Waals surface area contributed by atoms with E-state index in [1.165, 1.54) is 81.3 Å². The van der Waals surface area contributed by atoms with Gasteiger partial charge in [-0.15, -0.1) is 11.3 Å². The van der Waals surface area contributed by atoms with E-state index < -0.39 is 0 Å². The molecule has 0 radical (unpaired) electrons. The molecule has 0 unspecified atom stereocenters.